The minimum absolute atomic E-state index is 0.0123. The summed E-state index contributed by atoms with van der Waals surface area (Å²) in [6, 6.07) is 11.3. The molecule has 22 heavy (non-hydrogen) atoms. The molecule has 2 rings (SSSR count). The number of anilines is 1. The van der Waals surface area contributed by atoms with Gasteiger partial charge in [-0.3, -0.25) is 4.79 Å². The number of methoxy groups -OCH3 is 1. The second-order valence-electron chi connectivity index (χ2n) is 4.59. The molecule has 0 bridgehead atoms. The predicted octanol–water partition coefficient (Wildman–Crippen LogP) is 3.44. The quantitative estimate of drug-likeness (QED) is 0.885. The van der Waals surface area contributed by atoms with E-state index in [1.807, 2.05) is 6.07 Å². The van der Waals surface area contributed by atoms with Crippen LogP contribution in [0.5, 0.6) is 0 Å². The molecule has 0 aliphatic rings. The number of halogens is 1. The summed E-state index contributed by atoms with van der Waals surface area (Å²) in [5.41, 5.74) is 1.78. The smallest absolute Gasteiger partial charge is 0.337 e. The van der Waals surface area contributed by atoms with Crippen LogP contribution >= 0.6 is 11.6 Å². The standard InChI is InChI=1S/C16H14ClNO4/c1-22-9-10-3-2-4-11(7-10)15(19)18-12-5-6-13(16(20)21)14(17)8-12/h2-8H,9H2,1H3,(H,18,19)(H,20,21). The molecule has 1 amide bonds. The van der Waals surface area contributed by atoms with Crippen LogP contribution in [0.1, 0.15) is 26.3 Å². The van der Waals surface area contributed by atoms with Crippen LogP contribution in [-0.4, -0.2) is 24.1 Å². The monoisotopic (exact) mass is 319 g/mol. The van der Waals surface area contributed by atoms with Gasteiger partial charge in [0.1, 0.15) is 0 Å². The molecule has 0 fully saturated rings. The Kier molecular flexibility index (Phi) is 5.14. The number of benzene rings is 2. The lowest BCUT2D eigenvalue weighted by Crippen LogP contribution is -2.12. The third kappa shape index (κ3) is 3.84. The van der Waals surface area contributed by atoms with Gasteiger partial charge in [-0.25, -0.2) is 4.79 Å². The van der Waals surface area contributed by atoms with Crippen molar-refractivity contribution in [1.82, 2.24) is 0 Å². The van der Waals surface area contributed by atoms with Gasteiger partial charge in [0.25, 0.3) is 5.91 Å². The number of carbonyl (C=O) groups is 2. The summed E-state index contributed by atoms with van der Waals surface area (Å²) in [5.74, 6) is -1.42. The molecule has 0 heterocycles. The zero-order valence-electron chi connectivity index (χ0n) is 11.8. The van der Waals surface area contributed by atoms with E-state index in [0.29, 0.717) is 17.9 Å². The molecule has 0 aliphatic heterocycles. The molecule has 114 valence electrons. The molecule has 0 aromatic heterocycles. The number of aromatic carboxylic acids is 1. The van der Waals surface area contributed by atoms with E-state index in [0.717, 1.165) is 5.56 Å². The van der Waals surface area contributed by atoms with Crippen LogP contribution in [0.25, 0.3) is 0 Å². The molecule has 0 saturated carbocycles. The Hall–Kier alpha value is -2.37. The van der Waals surface area contributed by atoms with Gasteiger partial charge in [-0.2, -0.15) is 0 Å². The van der Waals surface area contributed by atoms with Gasteiger partial charge in [-0.05, 0) is 35.9 Å². The third-order valence-corrected chi connectivity index (χ3v) is 3.27. The summed E-state index contributed by atoms with van der Waals surface area (Å²) in [4.78, 5) is 23.1. The molecule has 5 nitrogen and oxygen atoms in total. The lowest BCUT2D eigenvalue weighted by atomic mass is 10.1. The summed E-state index contributed by atoms with van der Waals surface area (Å²) >= 11 is 5.87. The highest BCUT2D eigenvalue weighted by molar-refractivity contribution is 6.33. The number of hydrogen-bond acceptors (Lipinski definition) is 3. The topological polar surface area (TPSA) is 75.6 Å². The Morgan fingerprint density at radius 1 is 1.23 bits per heavy atom. The Morgan fingerprint density at radius 3 is 2.64 bits per heavy atom. The zero-order chi connectivity index (χ0) is 16.1. The lowest BCUT2D eigenvalue weighted by molar-refractivity contribution is 0.0697. The molecular weight excluding hydrogens is 306 g/mol. The van der Waals surface area contributed by atoms with Gasteiger partial charge in [0, 0.05) is 18.4 Å². The van der Waals surface area contributed by atoms with E-state index in [9.17, 15) is 9.59 Å². The predicted molar refractivity (Wildman–Crippen MR) is 83.5 cm³/mol. The first-order valence-corrected chi connectivity index (χ1v) is 6.81. The molecule has 0 atom stereocenters. The Labute approximate surface area is 132 Å². The van der Waals surface area contributed by atoms with E-state index < -0.39 is 5.97 Å². The number of ether oxygens (including phenoxy) is 1. The van der Waals surface area contributed by atoms with E-state index in [1.54, 1.807) is 25.3 Å². The van der Waals surface area contributed by atoms with Crippen molar-refractivity contribution in [2.75, 3.05) is 12.4 Å². The average molecular weight is 320 g/mol. The van der Waals surface area contributed by atoms with Crippen LogP contribution in [-0.2, 0) is 11.3 Å². The second kappa shape index (κ2) is 7.06. The fraction of sp³-hybridized carbons (Fsp3) is 0.125. The first-order valence-electron chi connectivity index (χ1n) is 6.43. The van der Waals surface area contributed by atoms with Crippen molar-refractivity contribution in [2.45, 2.75) is 6.61 Å². The van der Waals surface area contributed by atoms with Crippen molar-refractivity contribution in [3.8, 4) is 0 Å². The largest absolute Gasteiger partial charge is 0.478 e. The van der Waals surface area contributed by atoms with E-state index in [4.69, 9.17) is 21.4 Å². The molecule has 0 aliphatic carbocycles. The average Bonchev–Trinajstić information content (AvgIpc) is 2.47. The summed E-state index contributed by atoms with van der Waals surface area (Å²) in [6.07, 6.45) is 0. The molecule has 2 aromatic rings. The summed E-state index contributed by atoms with van der Waals surface area (Å²) < 4.78 is 5.03. The molecule has 2 aromatic carbocycles. The zero-order valence-corrected chi connectivity index (χ0v) is 12.6. The maximum Gasteiger partial charge on any atom is 0.337 e. The number of rotatable bonds is 5. The van der Waals surface area contributed by atoms with Crippen molar-refractivity contribution in [3.05, 3.63) is 64.2 Å². The third-order valence-electron chi connectivity index (χ3n) is 2.96. The fourth-order valence-corrected chi connectivity index (χ4v) is 2.20. The molecular formula is C16H14ClNO4. The van der Waals surface area contributed by atoms with Gasteiger partial charge >= 0.3 is 5.97 Å². The number of carboxylic acid groups (broad SMARTS) is 1. The maximum absolute atomic E-state index is 12.2. The summed E-state index contributed by atoms with van der Waals surface area (Å²) in [6.45, 7) is 0.417. The first-order chi connectivity index (χ1) is 10.5. The first kappa shape index (κ1) is 16.0. The minimum atomic E-state index is -1.12. The van der Waals surface area contributed by atoms with Gasteiger partial charge < -0.3 is 15.2 Å². The molecule has 0 radical (unpaired) electrons. The number of hydrogen-bond donors (Lipinski definition) is 2. The minimum Gasteiger partial charge on any atom is -0.478 e. The summed E-state index contributed by atoms with van der Waals surface area (Å²) in [5, 5.41) is 11.7. The van der Waals surface area contributed by atoms with Gasteiger partial charge in [0.15, 0.2) is 0 Å². The van der Waals surface area contributed by atoms with E-state index in [2.05, 4.69) is 5.32 Å². The highest BCUT2D eigenvalue weighted by atomic mass is 35.5. The van der Waals surface area contributed by atoms with Crippen molar-refractivity contribution in [2.24, 2.45) is 0 Å². The Bertz CT molecular complexity index is 715. The van der Waals surface area contributed by atoms with E-state index in [1.165, 1.54) is 18.2 Å². The number of carbonyl (C=O) groups excluding carboxylic acids is 1. The van der Waals surface area contributed by atoms with Gasteiger partial charge in [-0.15, -0.1) is 0 Å². The van der Waals surface area contributed by atoms with Crippen molar-refractivity contribution in [3.63, 3.8) is 0 Å². The molecule has 6 heteroatoms. The van der Waals surface area contributed by atoms with Crippen molar-refractivity contribution in [1.29, 1.82) is 0 Å². The van der Waals surface area contributed by atoms with Crippen LogP contribution in [0.4, 0.5) is 5.69 Å². The Balaban J connectivity index is 2.16. The molecule has 0 unspecified atom stereocenters. The lowest BCUT2D eigenvalue weighted by Gasteiger charge is -2.08. The number of carboxylic acids is 1. The van der Waals surface area contributed by atoms with Crippen molar-refractivity contribution < 1.29 is 19.4 Å². The van der Waals surface area contributed by atoms with E-state index in [-0.39, 0.29) is 16.5 Å². The molecule has 0 saturated heterocycles. The van der Waals surface area contributed by atoms with Gasteiger partial charge in [0.2, 0.25) is 0 Å². The van der Waals surface area contributed by atoms with Crippen LogP contribution in [0.15, 0.2) is 42.5 Å². The summed E-state index contributed by atoms with van der Waals surface area (Å²) in [7, 11) is 1.58. The van der Waals surface area contributed by atoms with E-state index >= 15 is 0 Å². The number of amides is 1. The maximum atomic E-state index is 12.2. The van der Waals surface area contributed by atoms with Gasteiger partial charge in [0.05, 0.1) is 17.2 Å². The molecule has 0 spiro atoms. The highest BCUT2D eigenvalue weighted by Crippen LogP contribution is 2.21. The SMILES string of the molecule is COCc1cccc(C(=O)Nc2ccc(C(=O)O)c(Cl)c2)c1. The second-order valence-corrected chi connectivity index (χ2v) is 4.99. The van der Waals surface area contributed by atoms with Crippen molar-refractivity contribution >= 4 is 29.2 Å². The number of nitrogens with one attached hydrogen (secondary N) is 1. The van der Waals surface area contributed by atoms with Crippen LogP contribution in [0, 0.1) is 0 Å². The normalized spacial score (nSPS) is 10.3. The fourth-order valence-electron chi connectivity index (χ4n) is 1.94. The van der Waals surface area contributed by atoms with Crippen LogP contribution < -0.4 is 5.32 Å². The Morgan fingerprint density at radius 2 is 2.00 bits per heavy atom. The highest BCUT2D eigenvalue weighted by Gasteiger charge is 2.11. The van der Waals surface area contributed by atoms with Gasteiger partial charge in [-0.1, -0.05) is 23.7 Å². The van der Waals surface area contributed by atoms with Crippen LogP contribution in [0.2, 0.25) is 5.02 Å². The van der Waals surface area contributed by atoms with Crippen LogP contribution in [0.3, 0.4) is 0 Å². The molecule has 2 N–H and O–H groups in total.